The molecule has 0 saturated heterocycles. The highest BCUT2D eigenvalue weighted by atomic mass is 19.4. The van der Waals surface area contributed by atoms with Crippen LogP contribution in [0.3, 0.4) is 0 Å². The van der Waals surface area contributed by atoms with Gasteiger partial charge >= 0.3 is 12.4 Å². The summed E-state index contributed by atoms with van der Waals surface area (Å²) < 4.78 is 78.1. The van der Waals surface area contributed by atoms with Crippen LogP contribution in [0.25, 0.3) is 0 Å². The zero-order chi connectivity index (χ0) is 26.0. The Morgan fingerprint density at radius 3 is 2.26 bits per heavy atom. The number of halogens is 6. The molecule has 0 heterocycles. The monoisotopic (exact) mass is 504 g/mol. The number of hydrogen-bond acceptors (Lipinski definition) is 1. The Labute approximate surface area is 204 Å². The Kier molecular flexibility index (Phi) is 6.64. The fourth-order valence-corrected chi connectivity index (χ4v) is 8.07. The SMILES string of the molecule is CC(/C=C/CC(O)(C(F)(F)F)C(F)(F)F)C1CCC2C3=CC=C4C[C@@H](C)CCC4(C)C3CCC21C. The van der Waals surface area contributed by atoms with Crippen LogP contribution < -0.4 is 0 Å². The fraction of sp³-hybridized carbons (Fsp3) is 0.786. The van der Waals surface area contributed by atoms with Crippen molar-refractivity contribution in [3.63, 3.8) is 0 Å². The first-order valence-corrected chi connectivity index (χ1v) is 13.0. The summed E-state index contributed by atoms with van der Waals surface area (Å²) in [6.45, 7) is 8.89. The molecule has 4 rings (SSSR count). The van der Waals surface area contributed by atoms with Crippen LogP contribution in [0.4, 0.5) is 26.3 Å². The van der Waals surface area contributed by atoms with Gasteiger partial charge in [0.1, 0.15) is 0 Å². The van der Waals surface area contributed by atoms with E-state index in [4.69, 9.17) is 0 Å². The largest absolute Gasteiger partial charge is 0.426 e. The van der Waals surface area contributed by atoms with E-state index in [-0.39, 0.29) is 22.7 Å². The van der Waals surface area contributed by atoms with Crippen LogP contribution in [0, 0.1) is 40.4 Å². The van der Waals surface area contributed by atoms with Crippen LogP contribution >= 0.6 is 0 Å². The van der Waals surface area contributed by atoms with E-state index in [1.165, 1.54) is 24.5 Å². The van der Waals surface area contributed by atoms with Gasteiger partial charge < -0.3 is 5.11 Å². The van der Waals surface area contributed by atoms with Crippen molar-refractivity contribution in [2.45, 2.75) is 97.0 Å². The lowest BCUT2D eigenvalue weighted by molar-refractivity contribution is -0.366. The van der Waals surface area contributed by atoms with Gasteiger partial charge in [-0.3, -0.25) is 0 Å². The highest BCUT2D eigenvalue weighted by molar-refractivity contribution is 5.38. The number of allylic oxidation sites excluding steroid dienone is 5. The first kappa shape index (κ1) is 26.8. The third kappa shape index (κ3) is 4.21. The molecular formula is C28H38F6O. The van der Waals surface area contributed by atoms with E-state index in [9.17, 15) is 31.4 Å². The zero-order valence-electron chi connectivity index (χ0n) is 21.1. The van der Waals surface area contributed by atoms with Crippen LogP contribution in [0.1, 0.15) is 79.1 Å². The van der Waals surface area contributed by atoms with Crippen molar-refractivity contribution in [3.05, 3.63) is 35.5 Å². The van der Waals surface area contributed by atoms with E-state index in [1.54, 1.807) is 5.57 Å². The number of alkyl halides is 6. The summed E-state index contributed by atoms with van der Waals surface area (Å²) in [6.07, 6.45) is 1.57. The molecule has 0 bridgehead atoms. The van der Waals surface area contributed by atoms with Gasteiger partial charge in [0.25, 0.3) is 5.60 Å². The maximum absolute atomic E-state index is 13.0. The zero-order valence-corrected chi connectivity index (χ0v) is 21.1. The minimum absolute atomic E-state index is 0.0277. The molecule has 35 heavy (non-hydrogen) atoms. The van der Waals surface area contributed by atoms with Gasteiger partial charge in [-0.05, 0) is 85.4 Å². The third-order valence-corrected chi connectivity index (χ3v) is 10.3. The molecule has 7 heteroatoms. The molecule has 198 valence electrons. The summed E-state index contributed by atoms with van der Waals surface area (Å²) in [4.78, 5) is 0. The van der Waals surface area contributed by atoms with Gasteiger partial charge in [-0.15, -0.1) is 0 Å². The molecule has 3 fully saturated rings. The molecule has 0 aromatic rings. The molecule has 6 unspecified atom stereocenters. The molecule has 4 aliphatic carbocycles. The average molecular weight is 505 g/mol. The molecule has 0 radical (unpaired) electrons. The molecule has 0 aromatic heterocycles. The Morgan fingerprint density at radius 1 is 0.971 bits per heavy atom. The van der Waals surface area contributed by atoms with Crippen LogP contribution in [0.2, 0.25) is 0 Å². The number of hydrogen-bond donors (Lipinski definition) is 1. The van der Waals surface area contributed by atoms with Crippen molar-refractivity contribution >= 4 is 0 Å². The highest BCUT2D eigenvalue weighted by Gasteiger charge is 2.69. The quantitative estimate of drug-likeness (QED) is 0.300. The number of rotatable bonds is 4. The van der Waals surface area contributed by atoms with Crippen molar-refractivity contribution < 1.29 is 31.4 Å². The molecule has 0 aliphatic heterocycles. The second-order valence-electron chi connectivity index (χ2n) is 12.3. The lowest BCUT2D eigenvalue weighted by Crippen LogP contribution is -2.56. The Balaban J connectivity index is 1.52. The molecule has 1 nitrogen and oxygen atoms in total. The summed E-state index contributed by atoms with van der Waals surface area (Å²) in [5.74, 6) is 1.66. The normalized spacial score (nSPS) is 38.9. The Hall–Kier alpha value is -1.24. The van der Waals surface area contributed by atoms with E-state index >= 15 is 0 Å². The maximum atomic E-state index is 13.0. The van der Waals surface area contributed by atoms with Crippen LogP contribution in [0.5, 0.6) is 0 Å². The summed E-state index contributed by atoms with van der Waals surface area (Å²) in [5.41, 5.74) is -1.45. The minimum atomic E-state index is -5.78. The fourth-order valence-electron chi connectivity index (χ4n) is 8.07. The van der Waals surface area contributed by atoms with Crippen molar-refractivity contribution in [2.24, 2.45) is 40.4 Å². The standard InChI is InChI=1S/C28H38F6O/c1-17-11-14-24(3)19(16-17)7-8-20-22-10-9-21(25(22,4)15-12-23(20)24)18(2)6-5-13-26(35,27(29,30)31)28(32,33)34/h5-8,17-18,21-23,35H,9-16H2,1-4H3/b6-5+/t17-,18?,21?,22?,23?,24?,25?/m0/s1. The lowest BCUT2D eigenvalue weighted by atomic mass is 9.49. The first-order valence-electron chi connectivity index (χ1n) is 13.0. The first-order chi connectivity index (χ1) is 16.0. The van der Waals surface area contributed by atoms with E-state index in [0.717, 1.165) is 38.2 Å². The molecule has 7 atom stereocenters. The summed E-state index contributed by atoms with van der Waals surface area (Å²) >= 11 is 0. The summed E-state index contributed by atoms with van der Waals surface area (Å²) in [5, 5.41) is 9.45. The van der Waals surface area contributed by atoms with Gasteiger partial charge in [0.15, 0.2) is 0 Å². The van der Waals surface area contributed by atoms with Crippen molar-refractivity contribution in [2.75, 3.05) is 0 Å². The number of aliphatic hydroxyl groups is 1. The predicted octanol–water partition coefficient (Wildman–Crippen LogP) is 8.56. The smallest absolute Gasteiger partial charge is 0.373 e. The topological polar surface area (TPSA) is 20.2 Å². The molecule has 0 amide bonds. The van der Waals surface area contributed by atoms with Gasteiger partial charge in [0.05, 0.1) is 0 Å². The van der Waals surface area contributed by atoms with E-state index in [1.807, 2.05) is 6.92 Å². The van der Waals surface area contributed by atoms with Gasteiger partial charge in [0, 0.05) is 6.42 Å². The van der Waals surface area contributed by atoms with E-state index in [0.29, 0.717) is 17.8 Å². The van der Waals surface area contributed by atoms with Crippen molar-refractivity contribution in [1.29, 1.82) is 0 Å². The molecule has 4 aliphatic rings. The Morgan fingerprint density at radius 2 is 1.63 bits per heavy atom. The van der Waals surface area contributed by atoms with Crippen molar-refractivity contribution in [1.82, 2.24) is 0 Å². The lowest BCUT2D eigenvalue weighted by Gasteiger charge is -2.55. The van der Waals surface area contributed by atoms with Gasteiger partial charge in [0.2, 0.25) is 0 Å². The van der Waals surface area contributed by atoms with Gasteiger partial charge in [-0.2, -0.15) is 26.3 Å². The summed E-state index contributed by atoms with van der Waals surface area (Å²) in [6, 6.07) is 0. The molecule has 0 aromatic carbocycles. The highest BCUT2D eigenvalue weighted by Crippen LogP contribution is 2.66. The van der Waals surface area contributed by atoms with E-state index in [2.05, 4.69) is 32.9 Å². The predicted molar refractivity (Wildman–Crippen MR) is 124 cm³/mol. The Bertz CT molecular complexity index is 897. The third-order valence-electron chi connectivity index (χ3n) is 10.3. The van der Waals surface area contributed by atoms with Crippen LogP contribution in [0.15, 0.2) is 35.5 Å². The number of fused-ring (bicyclic) bond motifs is 5. The van der Waals surface area contributed by atoms with Gasteiger partial charge in [-0.25, -0.2) is 0 Å². The second-order valence-corrected chi connectivity index (χ2v) is 12.3. The minimum Gasteiger partial charge on any atom is -0.373 e. The van der Waals surface area contributed by atoms with E-state index < -0.39 is 24.4 Å². The maximum Gasteiger partial charge on any atom is 0.426 e. The average Bonchev–Trinajstić information content (AvgIpc) is 3.09. The molecule has 3 saturated carbocycles. The van der Waals surface area contributed by atoms with Crippen LogP contribution in [-0.4, -0.2) is 23.1 Å². The van der Waals surface area contributed by atoms with Crippen molar-refractivity contribution in [3.8, 4) is 0 Å². The molecule has 1 N–H and O–H groups in total. The van der Waals surface area contributed by atoms with Crippen LogP contribution in [-0.2, 0) is 0 Å². The molecule has 0 spiro atoms. The van der Waals surface area contributed by atoms with Gasteiger partial charge in [-0.1, -0.05) is 63.1 Å². The summed E-state index contributed by atoms with van der Waals surface area (Å²) in [7, 11) is 0. The molecular weight excluding hydrogens is 466 g/mol. The second kappa shape index (κ2) is 8.66.